The van der Waals surface area contributed by atoms with E-state index in [1.54, 1.807) is 0 Å². The molecule has 2 aromatic rings. The maximum absolute atomic E-state index is 13.5. The second-order valence-electron chi connectivity index (χ2n) is 8.42. The van der Waals surface area contributed by atoms with Gasteiger partial charge in [0.1, 0.15) is 5.69 Å². The van der Waals surface area contributed by atoms with E-state index < -0.39 is 0 Å². The first kappa shape index (κ1) is 20.1. The Morgan fingerprint density at radius 2 is 1.93 bits per heavy atom. The van der Waals surface area contributed by atoms with Gasteiger partial charge in [-0.05, 0) is 39.2 Å². The Morgan fingerprint density at radius 3 is 2.55 bits per heavy atom. The Labute approximate surface area is 172 Å². The summed E-state index contributed by atoms with van der Waals surface area (Å²) in [4.78, 5) is 15.5. The highest BCUT2D eigenvalue weighted by Crippen LogP contribution is 2.37. The number of carbonyl (C=O) groups is 1. The topological polar surface area (TPSA) is 67.6 Å². The summed E-state index contributed by atoms with van der Waals surface area (Å²) in [7, 11) is 0. The highest BCUT2D eigenvalue weighted by molar-refractivity contribution is 5.94. The van der Waals surface area contributed by atoms with Crippen molar-refractivity contribution in [1.82, 2.24) is 14.7 Å². The van der Waals surface area contributed by atoms with Crippen LogP contribution in [0.4, 0.5) is 0 Å². The fraction of sp³-hybridized carbons (Fsp3) is 0.565. The van der Waals surface area contributed by atoms with Gasteiger partial charge < -0.3 is 14.7 Å². The van der Waals surface area contributed by atoms with Gasteiger partial charge in [0.15, 0.2) is 0 Å². The van der Waals surface area contributed by atoms with E-state index in [0.717, 1.165) is 41.8 Å². The number of nitrogens with zero attached hydrogens (tertiary/aromatic N) is 3. The second kappa shape index (κ2) is 7.92. The SMILES string of the molecule is CCn1nc2c(c1C(=O)N1CCC(CO)(c3ccccc3)CC1)C[C@H](C)O[C@@H]2C. The lowest BCUT2D eigenvalue weighted by molar-refractivity contribution is -0.00718. The molecule has 6 heteroatoms. The van der Waals surface area contributed by atoms with E-state index in [2.05, 4.69) is 12.1 Å². The molecule has 1 aromatic heterocycles. The van der Waals surface area contributed by atoms with Crippen molar-refractivity contribution in [3.05, 3.63) is 52.8 Å². The lowest BCUT2D eigenvalue weighted by Gasteiger charge is -2.41. The highest BCUT2D eigenvalue weighted by Gasteiger charge is 2.39. The molecule has 0 radical (unpaired) electrons. The van der Waals surface area contributed by atoms with Gasteiger partial charge in [0.25, 0.3) is 5.91 Å². The number of ether oxygens (including phenoxy) is 1. The first-order valence-electron chi connectivity index (χ1n) is 10.7. The number of likely N-dealkylation sites (tertiary alicyclic amines) is 1. The normalized spacial score (nSPS) is 23.7. The Hall–Kier alpha value is -2.18. The molecule has 156 valence electrons. The van der Waals surface area contributed by atoms with E-state index in [-0.39, 0.29) is 30.1 Å². The molecular weight excluding hydrogens is 366 g/mol. The number of aliphatic hydroxyl groups is 1. The molecule has 2 aliphatic rings. The predicted octanol–water partition coefficient (Wildman–Crippen LogP) is 3.09. The van der Waals surface area contributed by atoms with Crippen molar-refractivity contribution in [1.29, 1.82) is 0 Å². The number of rotatable bonds is 4. The zero-order valence-electron chi connectivity index (χ0n) is 17.6. The number of aryl methyl sites for hydroxylation is 1. The van der Waals surface area contributed by atoms with Crippen LogP contribution in [0.3, 0.4) is 0 Å². The van der Waals surface area contributed by atoms with E-state index in [1.165, 1.54) is 0 Å². The summed E-state index contributed by atoms with van der Waals surface area (Å²) in [5.74, 6) is 0.0569. The fourth-order valence-corrected chi connectivity index (χ4v) is 4.88. The zero-order chi connectivity index (χ0) is 20.6. The van der Waals surface area contributed by atoms with Crippen LogP contribution in [0.1, 0.15) is 67.0 Å². The van der Waals surface area contributed by atoms with Gasteiger partial charge in [0.2, 0.25) is 0 Å². The van der Waals surface area contributed by atoms with Gasteiger partial charge in [-0.3, -0.25) is 9.48 Å². The fourth-order valence-electron chi connectivity index (χ4n) is 4.88. The molecule has 3 heterocycles. The molecule has 4 rings (SSSR count). The van der Waals surface area contributed by atoms with E-state index in [1.807, 2.05) is 48.6 Å². The van der Waals surface area contributed by atoms with Crippen LogP contribution in [0.5, 0.6) is 0 Å². The molecule has 0 aliphatic carbocycles. The summed E-state index contributed by atoms with van der Waals surface area (Å²) in [5, 5.41) is 14.9. The Morgan fingerprint density at radius 1 is 1.24 bits per heavy atom. The average Bonchev–Trinajstić information content (AvgIpc) is 3.12. The van der Waals surface area contributed by atoms with E-state index >= 15 is 0 Å². The summed E-state index contributed by atoms with van der Waals surface area (Å²) in [5.41, 5.74) is 3.56. The summed E-state index contributed by atoms with van der Waals surface area (Å²) in [6, 6.07) is 10.2. The van der Waals surface area contributed by atoms with Gasteiger partial charge in [-0.25, -0.2) is 0 Å². The van der Waals surface area contributed by atoms with Crippen LogP contribution < -0.4 is 0 Å². The molecule has 1 fully saturated rings. The van der Waals surface area contributed by atoms with Gasteiger partial charge in [-0.1, -0.05) is 30.3 Å². The van der Waals surface area contributed by atoms with Gasteiger partial charge in [-0.2, -0.15) is 5.10 Å². The molecule has 0 unspecified atom stereocenters. The highest BCUT2D eigenvalue weighted by atomic mass is 16.5. The quantitative estimate of drug-likeness (QED) is 0.861. The smallest absolute Gasteiger partial charge is 0.272 e. The molecular formula is C23H31N3O3. The average molecular weight is 398 g/mol. The van der Waals surface area contributed by atoms with Crippen LogP contribution in [-0.4, -0.2) is 51.5 Å². The van der Waals surface area contributed by atoms with Crippen LogP contribution in [0, 0.1) is 0 Å². The van der Waals surface area contributed by atoms with Crippen LogP contribution in [0.15, 0.2) is 30.3 Å². The van der Waals surface area contributed by atoms with Gasteiger partial charge >= 0.3 is 0 Å². The molecule has 1 N–H and O–H groups in total. The molecule has 2 aliphatic heterocycles. The second-order valence-corrected chi connectivity index (χ2v) is 8.42. The Balaban J connectivity index is 1.58. The first-order valence-corrected chi connectivity index (χ1v) is 10.7. The van der Waals surface area contributed by atoms with Gasteiger partial charge in [-0.15, -0.1) is 0 Å². The van der Waals surface area contributed by atoms with E-state index in [4.69, 9.17) is 9.84 Å². The maximum atomic E-state index is 13.5. The lowest BCUT2D eigenvalue weighted by Crippen LogP contribution is -2.47. The number of benzene rings is 1. The third-order valence-corrected chi connectivity index (χ3v) is 6.59. The minimum atomic E-state index is -0.265. The van der Waals surface area contributed by atoms with Crippen molar-refractivity contribution < 1.29 is 14.6 Å². The molecule has 1 aromatic carbocycles. The van der Waals surface area contributed by atoms with Crippen molar-refractivity contribution in [2.24, 2.45) is 0 Å². The summed E-state index contributed by atoms with van der Waals surface area (Å²) >= 11 is 0. The molecule has 0 bridgehead atoms. The van der Waals surface area contributed by atoms with Crippen molar-refractivity contribution in [3.8, 4) is 0 Å². The summed E-state index contributed by atoms with van der Waals surface area (Å²) in [6.45, 7) is 8.12. The minimum absolute atomic E-state index is 0.0569. The van der Waals surface area contributed by atoms with Gasteiger partial charge in [0, 0.05) is 37.0 Å². The Kier molecular flexibility index (Phi) is 5.49. The van der Waals surface area contributed by atoms with Crippen molar-refractivity contribution in [3.63, 3.8) is 0 Å². The number of aliphatic hydroxyl groups excluding tert-OH is 1. The maximum Gasteiger partial charge on any atom is 0.272 e. The van der Waals surface area contributed by atoms with Crippen LogP contribution in [-0.2, 0) is 23.1 Å². The van der Waals surface area contributed by atoms with Crippen molar-refractivity contribution >= 4 is 5.91 Å². The molecule has 2 atom stereocenters. The summed E-state index contributed by atoms with van der Waals surface area (Å²) < 4.78 is 7.76. The molecule has 1 amide bonds. The molecule has 0 saturated carbocycles. The number of aromatic nitrogens is 2. The molecule has 1 saturated heterocycles. The predicted molar refractivity (Wildman–Crippen MR) is 111 cm³/mol. The number of amides is 1. The van der Waals surface area contributed by atoms with Crippen molar-refractivity contribution in [2.45, 2.75) is 64.2 Å². The van der Waals surface area contributed by atoms with Crippen molar-refractivity contribution in [2.75, 3.05) is 19.7 Å². The summed E-state index contributed by atoms with van der Waals surface area (Å²) in [6.07, 6.45) is 2.24. The largest absolute Gasteiger partial charge is 0.395 e. The Bertz CT molecular complexity index is 869. The monoisotopic (exact) mass is 397 g/mol. The lowest BCUT2D eigenvalue weighted by atomic mass is 9.73. The van der Waals surface area contributed by atoms with Gasteiger partial charge in [0.05, 0.1) is 24.5 Å². The molecule has 0 spiro atoms. The standard InChI is InChI=1S/C23H31N3O3/c1-4-26-21(19-14-16(2)29-17(3)20(19)24-26)22(28)25-12-10-23(15-27,11-13-25)18-8-6-5-7-9-18/h5-9,16-17,27H,4,10-15H2,1-3H3/t16-,17+/m0/s1. The minimum Gasteiger partial charge on any atom is -0.395 e. The van der Waals surface area contributed by atoms with Crippen LogP contribution >= 0.6 is 0 Å². The third kappa shape index (κ3) is 3.49. The number of fused-ring (bicyclic) bond motifs is 1. The van der Waals surface area contributed by atoms with E-state index in [9.17, 15) is 9.90 Å². The number of hydrogen-bond acceptors (Lipinski definition) is 4. The van der Waals surface area contributed by atoms with E-state index in [0.29, 0.717) is 19.6 Å². The zero-order valence-corrected chi connectivity index (χ0v) is 17.6. The molecule has 6 nitrogen and oxygen atoms in total. The molecule has 29 heavy (non-hydrogen) atoms. The number of piperidine rings is 1. The van der Waals surface area contributed by atoms with Crippen LogP contribution in [0.2, 0.25) is 0 Å². The van der Waals surface area contributed by atoms with Crippen LogP contribution in [0.25, 0.3) is 0 Å². The number of hydrogen-bond donors (Lipinski definition) is 1. The number of carbonyl (C=O) groups excluding carboxylic acids is 1. The first-order chi connectivity index (χ1) is 14.0. The third-order valence-electron chi connectivity index (χ3n) is 6.59.